The van der Waals surface area contributed by atoms with Crippen molar-refractivity contribution in [3.05, 3.63) is 46.8 Å². The number of H-pyrrole nitrogens is 1. The van der Waals surface area contributed by atoms with Gasteiger partial charge in [-0.15, -0.1) is 0 Å². The van der Waals surface area contributed by atoms with E-state index in [-0.39, 0.29) is 5.91 Å². The van der Waals surface area contributed by atoms with Crippen molar-refractivity contribution in [3.8, 4) is 0 Å². The summed E-state index contributed by atoms with van der Waals surface area (Å²) in [5.74, 6) is 0.352. The third kappa shape index (κ3) is 3.47. The lowest BCUT2D eigenvalue weighted by Crippen LogP contribution is -2.12. The molecule has 0 saturated heterocycles. The first kappa shape index (κ1) is 14.3. The number of nitrogens with zero attached hydrogens (tertiary/aromatic N) is 1. The zero-order valence-corrected chi connectivity index (χ0v) is 12.4. The van der Waals surface area contributed by atoms with Crippen molar-refractivity contribution in [2.75, 3.05) is 5.32 Å². The van der Waals surface area contributed by atoms with Crippen LogP contribution in [0, 0.1) is 19.8 Å². The summed E-state index contributed by atoms with van der Waals surface area (Å²) < 4.78 is 0. The van der Waals surface area contributed by atoms with Crippen LogP contribution in [0.25, 0.3) is 0 Å². The van der Waals surface area contributed by atoms with E-state index in [2.05, 4.69) is 29.4 Å². The summed E-state index contributed by atoms with van der Waals surface area (Å²) in [4.78, 5) is 12.1. The number of aryl methyl sites for hydroxylation is 2. The maximum Gasteiger partial charge on any atom is 0.276 e. The molecule has 0 saturated carbocycles. The van der Waals surface area contributed by atoms with Gasteiger partial charge in [-0.25, -0.2) is 0 Å². The minimum Gasteiger partial charge on any atom is -0.321 e. The van der Waals surface area contributed by atoms with Crippen LogP contribution >= 0.6 is 0 Å². The first-order valence-corrected chi connectivity index (χ1v) is 6.88. The van der Waals surface area contributed by atoms with Gasteiger partial charge in [-0.1, -0.05) is 19.9 Å². The van der Waals surface area contributed by atoms with Crippen LogP contribution < -0.4 is 5.32 Å². The van der Waals surface area contributed by atoms with Crippen LogP contribution in [0.15, 0.2) is 24.3 Å². The Balaban J connectivity index is 2.07. The summed E-state index contributed by atoms with van der Waals surface area (Å²) >= 11 is 0. The van der Waals surface area contributed by atoms with Gasteiger partial charge in [0.1, 0.15) is 0 Å². The van der Waals surface area contributed by atoms with E-state index in [1.807, 2.05) is 38.1 Å². The quantitative estimate of drug-likeness (QED) is 0.894. The number of rotatable bonds is 4. The Morgan fingerprint density at radius 1 is 1.25 bits per heavy atom. The Kier molecular flexibility index (Phi) is 4.23. The van der Waals surface area contributed by atoms with E-state index in [9.17, 15) is 4.79 Å². The molecule has 4 nitrogen and oxygen atoms in total. The van der Waals surface area contributed by atoms with E-state index in [0.717, 1.165) is 23.4 Å². The highest BCUT2D eigenvalue weighted by atomic mass is 16.1. The number of amides is 1. The molecule has 20 heavy (non-hydrogen) atoms. The lowest BCUT2D eigenvalue weighted by molar-refractivity contribution is 0.102. The molecule has 1 aromatic heterocycles. The lowest BCUT2D eigenvalue weighted by Gasteiger charge is -2.06. The smallest absolute Gasteiger partial charge is 0.276 e. The lowest BCUT2D eigenvalue weighted by atomic mass is 10.1. The third-order valence-electron chi connectivity index (χ3n) is 3.26. The fourth-order valence-electron chi connectivity index (χ4n) is 2.04. The van der Waals surface area contributed by atoms with Gasteiger partial charge in [-0.2, -0.15) is 5.10 Å². The first-order valence-electron chi connectivity index (χ1n) is 6.88. The normalized spacial score (nSPS) is 10.8. The molecule has 1 amide bonds. The molecule has 2 rings (SSSR count). The molecule has 0 aliphatic carbocycles. The van der Waals surface area contributed by atoms with Gasteiger partial charge in [0.2, 0.25) is 0 Å². The SMILES string of the molecule is Cc1ccc(NC(=O)c2cc(CC(C)C)[nH]n2)cc1C. The molecule has 1 aromatic carbocycles. The molecule has 106 valence electrons. The van der Waals surface area contributed by atoms with Crippen molar-refractivity contribution in [3.63, 3.8) is 0 Å². The van der Waals surface area contributed by atoms with Crippen molar-refractivity contribution in [2.45, 2.75) is 34.1 Å². The molecule has 2 N–H and O–H groups in total. The molecule has 0 unspecified atom stereocenters. The van der Waals surface area contributed by atoms with Crippen LogP contribution in [-0.4, -0.2) is 16.1 Å². The van der Waals surface area contributed by atoms with Gasteiger partial charge in [0.15, 0.2) is 5.69 Å². The molecule has 2 aromatic rings. The van der Waals surface area contributed by atoms with Crippen molar-refractivity contribution >= 4 is 11.6 Å². The highest BCUT2D eigenvalue weighted by molar-refractivity contribution is 6.02. The maximum absolute atomic E-state index is 12.1. The van der Waals surface area contributed by atoms with E-state index in [1.165, 1.54) is 5.56 Å². The van der Waals surface area contributed by atoms with Gasteiger partial charge in [0, 0.05) is 11.4 Å². The highest BCUT2D eigenvalue weighted by Crippen LogP contribution is 2.15. The van der Waals surface area contributed by atoms with Crippen LogP contribution in [0.2, 0.25) is 0 Å². The van der Waals surface area contributed by atoms with Crippen molar-refractivity contribution in [1.29, 1.82) is 0 Å². The van der Waals surface area contributed by atoms with E-state index in [1.54, 1.807) is 0 Å². The van der Waals surface area contributed by atoms with Crippen LogP contribution in [0.3, 0.4) is 0 Å². The number of carbonyl (C=O) groups is 1. The monoisotopic (exact) mass is 271 g/mol. The number of aromatic nitrogens is 2. The van der Waals surface area contributed by atoms with Crippen molar-refractivity contribution in [1.82, 2.24) is 10.2 Å². The summed E-state index contributed by atoms with van der Waals surface area (Å²) in [6.45, 7) is 8.35. The number of carbonyl (C=O) groups excluding carboxylic acids is 1. The second-order valence-electron chi connectivity index (χ2n) is 5.63. The summed E-state index contributed by atoms with van der Waals surface area (Å²) in [5.41, 5.74) is 4.59. The summed E-state index contributed by atoms with van der Waals surface area (Å²) in [7, 11) is 0. The van der Waals surface area contributed by atoms with E-state index in [0.29, 0.717) is 11.6 Å². The predicted octanol–water partition coefficient (Wildman–Crippen LogP) is 3.48. The van der Waals surface area contributed by atoms with Gasteiger partial charge in [0.05, 0.1) is 0 Å². The second kappa shape index (κ2) is 5.90. The Labute approximate surface area is 119 Å². The average molecular weight is 271 g/mol. The molecular formula is C16H21N3O. The van der Waals surface area contributed by atoms with Gasteiger partial charge in [-0.3, -0.25) is 9.89 Å². The molecule has 0 atom stereocenters. The molecule has 0 aliphatic heterocycles. The molecule has 0 bridgehead atoms. The highest BCUT2D eigenvalue weighted by Gasteiger charge is 2.11. The molecule has 0 aliphatic rings. The molecular weight excluding hydrogens is 250 g/mol. The first-order chi connectivity index (χ1) is 9.45. The predicted molar refractivity (Wildman–Crippen MR) is 81.0 cm³/mol. The number of nitrogens with one attached hydrogen (secondary N) is 2. The largest absolute Gasteiger partial charge is 0.321 e. The van der Waals surface area contributed by atoms with Crippen molar-refractivity contribution < 1.29 is 4.79 Å². The van der Waals surface area contributed by atoms with E-state index < -0.39 is 0 Å². The zero-order chi connectivity index (χ0) is 14.7. The van der Waals surface area contributed by atoms with Gasteiger partial charge < -0.3 is 5.32 Å². The summed E-state index contributed by atoms with van der Waals surface area (Å²) in [6, 6.07) is 7.69. The van der Waals surface area contributed by atoms with Gasteiger partial charge in [0.25, 0.3) is 5.91 Å². The second-order valence-corrected chi connectivity index (χ2v) is 5.63. The van der Waals surface area contributed by atoms with Crippen LogP contribution in [-0.2, 0) is 6.42 Å². The number of hydrogen-bond acceptors (Lipinski definition) is 2. The molecule has 4 heteroatoms. The summed E-state index contributed by atoms with van der Waals surface area (Å²) in [5, 5.41) is 9.85. The number of hydrogen-bond donors (Lipinski definition) is 2. The van der Waals surface area contributed by atoms with E-state index in [4.69, 9.17) is 0 Å². The molecule has 0 fully saturated rings. The maximum atomic E-state index is 12.1. The molecule has 0 radical (unpaired) electrons. The number of anilines is 1. The fourth-order valence-corrected chi connectivity index (χ4v) is 2.04. The van der Waals surface area contributed by atoms with E-state index >= 15 is 0 Å². The van der Waals surface area contributed by atoms with Gasteiger partial charge in [-0.05, 0) is 55.5 Å². The summed E-state index contributed by atoms with van der Waals surface area (Å²) in [6.07, 6.45) is 0.893. The Morgan fingerprint density at radius 3 is 2.65 bits per heavy atom. The average Bonchev–Trinajstić information content (AvgIpc) is 2.81. The minimum atomic E-state index is -0.181. The van der Waals surface area contributed by atoms with Crippen LogP contribution in [0.1, 0.15) is 41.2 Å². The van der Waals surface area contributed by atoms with Crippen LogP contribution in [0.5, 0.6) is 0 Å². The Bertz CT molecular complexity index is 614. The minimum absolute atomic E-state index is 0.181. The third-order valence-corrected chi connectivity index (χ3v) is 3.26. The Hall–Kier alpha value is -2.10. The molecule has 0 spiro atoms. The standard InChI is InChI=1S/C16H21N3O/c1-10(2)7-14-9-15(19-18-14)16(20)17-13-6-5-11(3)12(4)8-13/h5-6,8-10H,7H2,1-4H3,(H,17,20)(H,18,19). The topological polar surface area (TPSA) is 57.8 Å². The van der Waals surface area contributed by atoms with Crippen molar-refractivity contribution in [2.24, 2.45) is 5.92 Å². The zero-order valence-electron chi connectivity index (χ0n) is 12.4. The number of benzene rings is 1. The fraction of sp³-hybridized carbons (Fsp3) is 0.375. The van der Waals surface area contributed by atoms with Crippen LogP contribution in [0.4, 0.5) is 5.69 Å². The molecule has 1 heterocycles. The Morgan fingerprint density at radius 2 is 2.00 bits per heavy atom. The van der Waals surface area contributed by atoms with Gasteiger partial charge >= 0.3 is 0 Å². The number of aromatic amines is 1.